The predicted molar refractivity (Wildman–Crippen MR) is 78.8 cm³/mol. The number of aryl methyl sites for hydroxylation is 2. The van der Waals surface area contributed by atoms with Crippen LogP contribution in [0.2, 0.25) is 0 Å². The first kappa shape index (κ1) is 12.9. The Kier molecular flexibility index (Phi) is 3.22. The third-order valence-corrected chi connectivity index (χ3v) is 5.41. The molecule has 0 saturated heterocycles. The van der Waals surface area contributed by atoms with E-state index in [1.54, 1.807) is 11.3 Å². The molecule has 100 valence electrons. The van der Waals surface area contributed by atoms with Crippen molar-refractivity contribution in [2.45, 2.75) is 37.6 Å². The van der Waals surface area contributed by atoms with Gasteiger partial charge in [-0.1, -0.05) is 11.8 Å². The number of thioether (sulfide) groups is 1. The minimum Gasteiger partial charge on any atom is -0.369 e. The zero-order valence-corrected chi connectivity index (χ0v) is 12.5. The number of fused-ring (bicyclic) bond motifs is 1. The van der Waals surface area contributed by atoms with E-state index in [1.165, 1.54) is 35.0 Å². The molecule has 1 aliphatic carbocycles. The van der Waals surface area contributed by atoms with E-state index in [0.717, 1.165) is 21.1 Å². The second-order valence-corrected chi connectivity index (χ2v) is 7.05. The Morgan fingerprint density at radius 3 is 2.79 bits per heavy atom. The molecule has 0 atom stereocenters. The number of carbonyl (C=O) groups excluding carboxylic acids is 1. The van der Waals surface area contributed by atoms with E-state index in [-0.39, 0.29) is 11.7 Å². The van der Waals surface area contributed by atoms with E-state index >= 15 is 0 Å². The van der Waals surface area contributed by atoms with E-state index in [1.807, 2.05) is 0 Å². The molecule has 4 nitrogen and oxygen atoms in total. The van der Waals surface area contributed by atoms with Crippen LogP contribution in [0, 0.1) is 13.8 Å². The molecule has 3 rings (SSSR count). The van der Waals surface area contributed by atoms with Crippen LogP contribution in [0.3, 0.4) is 0 Å². The number of nitrogens with zero attached hydrogens (tertiary/aromatic N) is 2. The molecule has 0 unspecified atom stereocenters. The van der Waals surface area contributed by atoms with Gasteiger partial charge in [-0.2, -0.15) is 0 Å². The molecule has 1 fully saturated rings. The Morgan fingerprint density at radius 2 is 2.16 bits per heavy atom. The monoisotopic (exact) mass is 293 g/mol. The van der Waals surface area contributed by atoms with Crippen molar-refractivity contribution in [2.75, 3.05) is 5.75 Å². The highest BCUT2D eigenvalue weighted by atomic mass is 32.2. The quantitative estimate of drug-likeness (QED) is 0.695. The molecule has 1 saturated carbocycles. The fourth-order valence-electron chi connectivity index (χ4n) is 2.00. The SMILES string of the molecule is Cc1sc2nc(C3CC3)nc(SCC(N)=O)c2c1C. The maximum atomic E-state index is 11.0. The number of rotatable bonds is 4. The molecule has 0 aromatic carbocycles. The largest absolute Gasteiger partial charge is 0.369 e. The van der Waals surface area contributed by atoms with Gasteiger partial charge in [0.15, 0.2) is 0 Å². The van der Waals surface area contributed by atoms with Crippen molar-refractivity contribution in [3.63, 3.8) is 0 Å². The zero-order valence-electron chi connectivity index (χ0n) is 10.9. The summed E-state index contributed by atoms with van der Waals surface area (Å²) in [6, 6.07) is 0. The smallest absolute Gasteiger partial charge is 0.227 e. The second-order valence-electron chi connectivity index (χ2n) is 4.88. The molecule has 0 bridgehead atoms. The number of carbonyl (C=O) groups is 1. The maximum Gasteiger partial charge on any atom is 0.227 e. The molecule has 1 aliphatic rings. The van der Waals surface area contributed by atoms with Crippen molar-refractivity contribution in [2.24, 2.45) is 5.73 Å². The number of hydrogen-bond acceptors (Lipinski definition) is 5. The lowest BCUT2D eigenvalue weighted by Crippen LogP contribution is -2.13. The van der Waals surface area contributed by atoms with Crippen LogP contribution in [-0.4, -0.2) is 21.6 Å². The van der Waals surface area contributed by atoms with Gasteiger partial charge in [0.2, 0.25) is 5.91 Å². The molecule has 0 spiro atoms. The first-order valence-electron chi connectivity index (χ1n) is 6.25. The summed E-state index contributed by atoms with van der Waals surface area (Å²) in [5.41, 5.74) is 6.45. The molecule has 0 aliphatic heterocycles. The molecular formula is C13H15N3OS2. The molecule has 2 N–H and O–H groups in total. The van der Waals surface area contributed by atoms with Crippen LogP contribution in [-0.2, 0) is 4.79 Å². The van der Waals surface area contributed by atoms with Crippen LogP contribution in [0.25, 0.3) is 10.2 Å². The fraction of sp³-hybridized carbons (Fsp3) is 0.462. The van der Waals surface area contributed by atoms with E-state index in [9.17, 15) is 4.79 Å². The first-order valence-corrected chi connectivity index (χ1v) is 8.05. The van der Waals surface area contributed by atoms with Crippen molar-refractivity contribution in [1.29, 1.82) is 0 Å². The highest BCUT2D eigenvalue weighted by molar-refractivity contribution is 8.00. The molecule has 6 heteroatoms. The molecule has 2 aromatic rings. The van der Waals surface area contributed by atoms with Gasteiger partial charge in [0.25, 0.3) is 0 Å². The molecule has 2 aromatic heterocycles. The standard InChI is InChI=1S/C13H15N3OS2/c1-6-7(2)19-13-10(6)12(18-5-9(14)17)15-11(16-13)8-3-4-8/h8H,3-5H2,1-2H3,(H2,14,17). The average molecular weight is 293 g/mol. The van der Waals surface area contributed by atoms with Crippen LogP contribution in [0.15, 0.2) is 5.03 Å². The minimum absolute atomic E-state index is 0.268. The summed E-state index contributed by atoms with van der Waals surface area (Å²) in [4.78, 5) is 22.6. The lowest BCUT2D eigenvalue weighted by molar-refractivity contribution is -0.115. The van der Waals surface area contributed by atoms with Gasteiger partial charge in [0, 0.05) is 16.2 Å². The summed E-state index contributed by atoms with van der Waals surface area (Å²) < 4.78 is 0. The number of thiophene rings is 1. The normalized spacial score (nSPS) is 15.1. The summed E-state index contributed by atoms with van der Waals surface area (Å²) in [5.74, 6) is 1.40. The van der Waals surface area contributed by atoms with Gasteiger partial charge in [0.1, 0.15) is 15.7 Å². The van der Waals surface area contributed by atoms with Crippen molar-refractivity contribution in [1.82, 2.24) is 9.97 Å². The number of hydrogen-bond donors (Lipinski definition) is 1. The number of aromatic nitrogens is 2. The highest BCUT2D eigenvalue weighted by Gasteiger charge is 2.28. The average Bonchev–Trinajstić information content (AvgIpc) is 3.15. The van der Waals surface area contributed by atoms with Gasteiger partial charge < -0.3 is 5.73 Å². The van der Waals surface area contributed by atoms with E-state index in [0.29, 0.717) is 5.92 Å². The van der Waals surface area contributed by atoms with Crippen molar-refractivity contribution in [3.8, 4) is 0 Å². The van der Waals surface area contributed by atoms with Crippen LogP contribution in [0.4, 0.5) is 0 Å². The minimum atomic E-state index is -0.311. The Morgan fingerprint density at radius 1 is 1.42 bits per heavy atom. The lowest BCUT2D eigenvalue weighted by Gasteiger charge is -2.05. The van der Waals surface area contributed by atoms with Crippen molar-refractivity contribution < 1.29 is 4.79 Å². The molecule has 1 amide bonds. The molecule has 2 heterocycles. The summed E-state index contributed by atoms with van der Waals surface area (Å²) >= 11 is 3.13. The number of primary amides is 1. The Hall–Kier alpha value is -1.14. The van der Waals surface area contributed by atoms with Gasteiger partial charge in [-0.25, -0.2) is 9.97 Å². The van der Waals surface area contributed by atoms with Gasteiger partial charge in [-0.15, -0.1) is 11.3 Å². The Balaban J connectivity index is 2.11. The van der Waals surface area contributed by atoms with E-state index in [4.69, 9.17) is 5.73 Å². The zero-order chi connectivity index (χ0) is 13.6. The molecular weight excluding hydrogens is 278 g/mol. The third-order valence-electron chi connectivity index (χ3n) is 3.31. The van der Waals surface area contributed by atoms with Crippen LogP contribution >= 0.6 is 23.1 Å². The molecule has 19 heavy (non-hydrogen) atoms. The van der Waals surface area contributed by atoms with E-state index < -0.39 is 0 Å². The summed E-state index contributed by atoms with van der Waals surface area (Å²) in [5, 5.41) is 2.01. The summed E-state index contributed by atoms with van der Waals surface area (Å²) in [6.07, 6.45) is 2.35. The van der Waals surface area contributed by atoms with Gasteiger partial charge in [0.05, 0.1) is 5.75 Å². The van der Waals surface area contributed by atoms with Crippen LogP contribution < -0.4 is 5.73 Å². The summed E-state index contributed by atoms with van der Waals surface area (Å²) in [7, 11) is 0. The van der Waals surface area contributed by atoms with Gasteiger partial charge >= 0.3 is 0 Å². The summed E-state index contributed by atoms with van der Waals surface area (Å²) in [6.45, 7) is 4.18. The van der Waals surface area contributed by atoms with Gasteiger partial charge in [-0.3, -0.25) is 4.79 Å². The highest BCUT2D eigenvalue weighted by Crippen LogP contribution is 2.42. The third kappa shape index (κ3) is 2.47. The predicted octanol–water partition coefficient (Wildman–Crippen LogP) is 2.76. The number of amides is 1. The van der Waals surface area contributed by atoms with Crippen molar-refractivity contribution >= 4 is 39.2 Å². The van der Waals surface area contributed by atoms with E-state index in [2.05, 4.69) is 23.8 Å². The second kappa shape index (κ2) is 4.76. The van der Waals surface area contributed by atoms with Crippen LogP contribution in [0.5, 0.6) is 0 Å². The number of nitrogens with two attached hydrogens (primary N) is 1. The Bertz CT molecular complexity index is 661. The lowest BCUT2D eigenvalue weighted by atomic mass is 10.2. The van der Waals surface area contributed by atoms with Crippen molar-refractivity contribution in [3.05, 3.63) is 16.3 Å². The Labute approximate surface area is 119 Å². The fourth-order valence-corrected chi connectivity index (χ4v) is 3.93. The maximum absolute atomic E-state index is 11.0. The van der Waals surface area contributed by atoms with Crippen LogP contribution in [0.1, 0.15) is 35.0 Å². The first-order chi connectivity index (χ1) is 9.06. The molecule has 0 radical (unpaired) electrons. The topological polar surface area (TPSA) is 68.9 Å². The van der Waals surface area contributed by atoms with Gasteiger partial charge in [-0.05, 0) is 32.3 Å².